The number of esters is 6. The van der Waals surface area contributed by atoms with Crippen molar-refractivity contribution in [3.63, 3.8) is 0 Å². The molecule has 0 amide bonds. The average Bonchev–Trinajstić information content (AvgIpc) is 0.873. The van der Waals surface area contributed by atoms with Crippen LogP contribution in [0.4, 0.5) is 0 Å². The number of carbonyl (C=O) groups is 12. The number of hydrogen-bond acceptors (Lipinski definition) is 18. The van der Waals surface area contributed by atoms with E-state index in [2.05, 4.69) is 6.92 Å². The van der Waals surface area contributed by atoms with Crippen molar-refractivity contribution in [2.45, 2.75) is 91.5 Å². The zero-order valence-electron chi connectivity index (χ0n) is 63.2. The van der Waals surface area contributed by atoms with Crippen molar-refractivity contribution in [3.05, 3.63) is 374 Å². The first-order valence-electron chi connectivity index (χ1n) is 36.3. The van der Waals surface area contributed by atoms with Crippen LogP contribution in [-0.4, -0.2) is 108 Å². The summed E-state index contributed by atoms with van der Waals surface area (Å²) in [7, 11) is 0. The summed E-state index contributed by atoms with van der Waals surface area (Å²) in [4.78, 5) is 138. The van der Waals surface area contributed by atoms with Gasteiger partial charge in [0, 0.05) is 0 Å². The van der Waals surface area contributed by atoms with Gasteiger partial charge in [-0.2, -0.15) is 0 Å². The van der Waals surface area contributed by atoms with E-state index in [9.17, 15) is 57.5 Å². The van der Waals surface area contributed by atoms with Gasteiger partial charge in [0.1, 0.15) is 36.6 Å². The van der Waals surface area contributed by atoms with Gasteiger partial charge in [-0.3, -0.25) is 0 Å². The molecule has 0 radical (unpaired) electrons. The van der Waals surface area contributed by atoms with Crippen molar-refractivity contribution in [2.24, 2.45) is 0 Å². The molecule has 24 heteroatoms. The number of carboxylic acids is 6. The van der Waals surface area contributed by atoms with Crippen molar-refractivity contribution in [3.8, 4) is 17.2 Å². The molecule has 0 unspecified atom stereocenters. The molecule has 0 bridgehead atoms. The van der Waals surface area contributed by atoms with Gasteiger partial charge in [-0.15, -0.1) is 0 Å². The minimum absolute atomic E-state index is 0.00157. The molecule has 1 saturated carbocycles. The number of hydrogen-bond donors (Lipinski definition) is 6. The smallest absolute Gasteiger partial charge is 0.344 e. The number of aryl methyl sites for hydroxylation is 3. The molecular formula is C92H82O24. The topological polar surface area (TPSA) is 382 Å². The van der Waals surface area contributed by atoms with Gasteiger partial charge in [0.15, 0.2) is 0 Å². The van der Waals surface area contributed by atoms with Crippen molar-refractivity contribution < 1.29 is 117 Å². The van der Waals surface area contributed by atoms with Crippen LogP contribution in [0.25, 0.3) is 0 Å². The highest BCUT2D eigenvalue weighted by Crippen LogP contribution is 2.25. The Morgan fingerprint density at radius 3 is 0.853 bits per heavy atom. The fourth-order valence-electron chi connectivity index (χ4n) is 11.0. The van der Waals surface area contributed by atoms with Gasteiger partial charge in [0.05, 0.1) is 66.8 Å². The fraction of sp³-hybridized carbons (Fsp3) is 0.152. The molecule has 1 aliphatic carbocycles. The molecule has 0 aliphatic heterocycles. The molecule has 11 aromatic rings. The molecule has 6 N–H and O–H groups in total. The van der Waals surface area contributed by atoms with Gasteiger partial charge < -0.3 is 59.1 Å². The summed E-state index contributed by atoms with van der Waals surface area (Å²) in [6.07, 6.45) is 8.01. The summed E-state index contributed by atoms with van der Waals surface area (Å²) in [5, 5.41) is 54.1. The highest BCUT2D eigenvalue weighted by Gasteiger charge is 2.25. The molecule has 24 nitrogen and oxygen atoms in total. The summed E-state index contributed by atoms with van der Waals surface area (Å²) < 4.78 is 31.1. The van der Waals surface area contributed by atoms with Crippen LogP contribution in [0.2, 0.25) is 0 Å². The zero-order chi connectivity index (χ0) is 83.9. The van der Waals surface area contributed by atoms with Crippen molar-refractivity contribution >= 4 is 71.6 Å². The van der Waals surface area contributed by atoms with E-state index in [0.717, 1.165) is 67.2 Å². The lowest BCUT2D eigenvalue weighted by Crippen LogP contribution is -2.22. The monoisotopic (exact) mass is 1570 g/mol. The number of rotatable bonds is 23. The number of ether oxygens (including phenoxy) is 6. The maximum Gasteiger partial charge on any atom is 0.344 e. The minimum Gasteiger partial charge on any atom is -0.478 e. The van der Waals surface area contributed by atoms with Crippen LogP contribution in [0.5, 0.6) is 17.2 Å². The molecule has 1 aliphatic rings. The highest BCUT2D eigenvalue weighted by atomic mass is 16.6. The molecular weight excluding hydrogens is 1490 g/mol. The van der Waals surface area contributed by atoms with Crippen molar-refractivity contribution in [1.29, 1.82) is 0 Å². The molecule has 11 aromatic carbocycles. The Morgan fingerprint density at radius 2 is 0.534 bits per heavy atom. The third kappa shape index (κ3) is 28.1. The molecule has 594 valence electrons. The first-order valence-corrected chi connectivity index (χ1v) is 36.3. The summed E-state index contributed by atoms with van der Waals surface area (Å²) in [5.74, 6) is -9.53. The first-order chi connectivity index (χ1) is 55.8. The quantitative estimate of drug-likeness (QED) is 0.0197. The predicted molar refractivity (Wildman–Crippen MR) is 426 cm³/mol. The van der Waals surface area contributed by atoms with Gasteiger partial charge in [0.25, 0.3) is 0 Å². The SMILES string of the molecule is CCCc1ccc(COC(=O)c2ccccc2C(=O)O)cc1.CCc1ccc(OC(=O)c2ccccc2C(=O)O)cc1.Cc1ccc(OC(=O)c2ccccc2C(=O)O)cc1.O=C(O)c1ccccc1C(=O)OC1CCCCC1.O=C(O)c1ccccc1C(=O)OCc1ccccc1.O=C(O)c1ccccc1C(=O)Oc1ccccc1. The van der Waals surface area contributed by atoms with Gasteiger partial charge in [-0.1, -0.05) is 202 Å². The van der Waals surface area contributed by atoms with Gasteiger partial charge in [-0.25, -0.2) is 57.5 Å². The predicted octanol–water partition coefficient (Wildman–Crippen LogP) is 18.0. The Morgan fingerprint density at radius 1 is 0.276 bits per heavy atom. The minimum atomic E-state index is -1.16. The highest BCUT2D eigenvalue weighted by molar-refractivity contribution is 6.06. The average molecular weight is 1570 g/mol. The largest absolute Gasteiger partial charge is 0.478 e. The number of aromatic carboxylic acids is 6. The van der Waals surface area contributed by atoms with E-state index in [1.807, 2.05) is 92.7 Å². The normalized spacial score (nSPS) is 11.0. The molecule has 0 saturated heterocycles. The first kappa shape index (κ1) is 88.3. The molecule has 0 spiro atoms. The van der Waals surface area contributed by atoms with Crippen molar-refractivity contribution in [1.82, 2.24) is 0 Å². The van der Waals surface area contributed by atoms with E-state index in [4.69, 9.17) is 59.1 Å². The summed E-state index contributed by atoms with van der Waals surface area (Å²) in [6, 6.07) is 75.7. The van der Waals surface area contributed by atoms with Crippen LogP contribution in [0, 0.1) is 6.92 Å². The van der Waals surface area contributed by atoms with E-state index in [-0.39, 0.29) is 86.1 Å². The summed E-state index contributed by atoms with van der Waals surface area (Å²) >= 11 is 0. The van der Waals surface area contributed by atoms with E-state index in [0.29, 0.717) is 17.2 Å². The van der Waals surface area contributed by atoms with Crippen LogP contribution in [0.1, 0.15) is 204 Å². The summed E-state index contributed by atoms with van der Waals surface area (Å²) in [6.45, 7) is 6.32. The van der Waals surface area contributed by atoms with Crippen LogP contribution in [0.15, 0.2) is 279 Å². The second-order valence-corrected chi connectivity index (χ2v) is 25.3. The van der Waals surface area contributed by atoms with Crippen LogP contribution >= 0.6 is 0 Å². The Bertz CT molecular complexity index is 5190. The van der Waals surface area contributed by atoms with Crippen LogP contribution in [-0.2, 0) is 40.3 Å². The molecule has 0 atom stereocenters. The van der Waals surface area contributed by atoms with Gasteiger partial charge in [0.2, 0.25) is 0 Å². The number of para-hydroxylation sites is 1. The van der Waals surface area contributed by atoms with Gasteiger partial charge >= 0.3 is 71.6 Å². The lowest BCUT2D eigenvalue weighted by atomic mass is 9.97. The standard InChI is InChI=1S/C18H18O4.C16H14O4.2C15H12O4.C14H16O4.C14H10O4/c1-2-5-13-8-10-14(11-9-13)12-22-18(21)16-7-4-3-6-15(16)17(19)20;1-2-11-7-9-12(10-8-11)20-16(19)14-6-4-3-5-13(14)15(17)18;1-10-6-8-11(9-7-10)19-15(18)13-5-3-2-4-12(13)14(16)17;16-14(17)12-8-4-5-9-13(12)15(18)19-10-11-6-2-1-3-7-11;2*15-13(16)11-8-4-5-9-12(11)14(17)18-10-6-2-1-3-7-10/h3-4,6-11H,2,5,12H2,1H3,(H,19,20);3-10H,2H2,1H3,(H,17,18);2-9H,1H3,(H,16,17);1-9H,10H2,(H,16,17);4-5,8-10H,1-3,6-7H2,(H,15,16);1-9H,(H,15,16). The number of carboxylic acid groups (broad SMARTS) is 6. The molecule has 0 aromatic heterocycles. The lowest BCUT2D eigenvalue weighted by molar-refractivity contribution is 0.0205. The lowest BCUT2D eigenvalue weighted by Gasteiger charge is -2.22. The second-order valence-electron chi connectivity index (χ2n) is 25.3. The van der Waals surface area contributed by atoms with E-state index < -0.39 is 71.6 Å². The Labute approximate surface area is 667 Å². The Hall–Kier alpha value is -14.9. The molecule has 12 rings (SSSR count). The maximum absolute atomic E-state index is 12.0. The van der Waals surface area contributed by atoms with E-state index in [1.54, 1.807) is 127 Å². The van der Waals surface area contributed by atoms with E-state index in [1.165, 1.54) is 84.8 Å². The zero-order valence-corrected chi connectivity index (χ0v) is 63.2. The third-order valence-corrected chi connectivity index (χ3v) is 17.0. The van der Waals surface area contributed by atoms with Gasteiger partial charge in [-0.05, 0) is 177 Å². The Balaban J connectivity index is 0.000000193. The third-order valence-electron chi connectivity index (χ3n) is 17.0. The fourth-order valence-corrected chi connectivity index (χ4v) is 11.0. The van der Waals surface area contributed by atoms with Crippen LogP contribution < -0.4 is 14.2 Å². The van der Waals surface area contributed by atoms with Crippen LogP contribution in [0.3, 0.4) is 0 Å². The maximum atomic E-state index is 12.0. The van der Waals surface area contributed by atoms with E-state index >= 15 is 0 Å². The summed E-state index contributed by atoms with van der Waals surface area (Å²) in [5.41, 5.74) is 5.22. The molecule has 1 fully saturated rings. The number of carbonyl (C=O) groups excluding carboxylic acids is 6. The Kier molecular flexibility index (Phi) is 35.0. The van der Waals surface area contributed by atoms with Crippen molar-refractivity contribution in [2.75, 3.05) is 0 Å². The molecule has 0 heterocycles. The second kappa shape index (κ2) is 46.0. The number of benzene rings is 11. The molecule has 116 heavy (non-hydrogen) atoms.